The van der Waals surface area contributed by atoms with Crippen molar-refractivity contribution in [3.8, 4) is 5.75 Å². The van der Waals surface area contributed by atoms with E-state index in [1.165, 1.54) is 16.7 Å². The van der Waals surface area contributed by atoms with Crippen molar-refractivity contribution >= 4 is 11.9 Å². The summed E-state index contributed by atoms with van der Waals surface area (Å²) in [7, 11) is 1.67. The Morgan fingerprint density at radius 2 is 1.47 bits per heavy atom. The zero-order valence-corrected chi connectivity index (χ0v) is 21.2. The van der Waals surface area contributed by atoms with E-state index in [-0.39, 0.29) is 17.8 Å². The molecular formula is C30H38N4O2. The average Bonchev–Trinajstić information content (AvgIpc) is 2.91. The highest BCUT2D eigenvalue weighted by molar-refractivity contribution is 5.76. The number of ether oxygens (including phenoxy) is 1. The van der Waals surface area contributed by atoms with Crippen LogP contribution in [0.5, 0.6) is 5.75 Å². The van der Waals surface area contributed by atoms with Crippen LogP contribution in [0.3, 0.4) is 0 Å². The van der Waals surface area contributed by atoms with Crippen LogP contribution in [0.15, 0.2) is 89.9 Å². The van der Waals surface area contributed by atoms with Crippen LogP contribution in [0.1, 0.15) is 48.3 Å². The smallest absolute Gasteiger partial charge is 0.222 e. The average molecular weight is 487 g/mol. The van der Waals surface area contributed by atoms with Crippen molar-refractivity contribution in [2.24, 2.45) is 16.5 Å². The summed E-state index contributed by atoms with van der Waals surface area (Å²) in [5, 5.41) is 0. The van der Waals surface area contributed by atoms with Crippen LogP contribution in [-0.2, 0) is 11.2 Å². The van der Waals surface area contributed by atoms with E-state index in [1.54, 1.807) is 7.11 Å². The molecule has 0 saturated heterocycles. The molecule has 0 aliphatic carbocycles. The SMILES string of the molecule is COc1ccc(CCN(CCC(c2ccccc2)c2ccccc2)C(=O)CCCCN=C(N)N)cc1. The molecule has 0 spiro atoms. The van der Waals surface area contributed by atoms with Gasteiger partial charge in [-0.15, -0.1) is 0 Å². The molecule has 0 bridgehead atoms. The van der Waals surface area contributed by atoms with Crippen LogP contribution < -0.4 is 16.2 Å². The van der Waals surface area contributed by atoms with Crippen molar-refractivity contribution in [2.75, 3.05) is 26.7 Å². The number of hydrogen-bond acceptors (Lipinski definition) is 3. The lowest BCUT2D eigenvalue weighted by Crippen LogP contribution is -2.34. The Kier molecular flexibility index (Phi) is 10.8. The number of rotatable bonds is 14. The molecule has 3 rings (SSSR count). The maximum absolute atomic E-state index is 13.3. The molecule has 0 heterocycles. The number of unbranched alkanes of at least 4 members (excludes halogenated alkanes) is 1. The lowest BCUT2D eigenvalue weighted by atomic mass is 9.88. The van der Waals surface area contributed by atoms with Crippen LogP contribution in [0.25, 0.3) is 0 Å². The largest absolute Gasteiger partial charge is 0.497 e. The van der Waals surface area contributed by atoms with E-state index in [0.717, 1.165) is 31.4 Å². The number of carbonyl (C=O) groups is 1. The van der Waals surface area contributed by atoms with Crippen molar-refractivity contribution in [2.45, 2.75) is 38.0 Å². The van der Waals surface area contributed by atoms with Gasteiger partial charge >= 0.3 is 0 Å². The lowest BCUT2D eigenvalue weighted by Gasteiger charge is -2.26. The fourth-order valence-corrected chi connectivity index (χ4v) is 4.35. The van der Waals surface area contributed by atoms with Gasteiger partial charge in [-0.25, -0.2) is 0 Å². The van der Waals surface area contributed by atoms with E-state index < -0.39 is 0 Å². The van der Waals surface area contributed by atoms with Crippen molar-refractivity contribution in [3.63, 3.8) is 0 Å². The molecular weight excluding hydrogens is 448 g/mol. The fourth-order valence-electron chi connectivity index (χ4n) is 4.35. The van der Waals surface area contributed by atoms with E-state index >= 15 is 0 Å². The second kappa shape index (κ2) is 14.6. The first-order valence-corrected chi connectivity index (χ1v) is 12.6. The summed E-state index contributed by atoms with van der Waals surface area (Å²) < 4.78 is 5.27. The van der Waals surface area contributed by atoms with Gasteiger partial charge in [0.15, 0.2) is 5.96 Å². The topological polar surface area (TPSA) is 93.9 Å². The Morgan fingerprint density at radius 3 is 2.03 bits per heavy atom. The predicted octanol–water partition coefficient (Wildman–Crippen LogP) is 4.73. The molecule has 0 unspecified atom stereocenters. The Hall–Kier alpha value is -3.80. The van der Waals surface area contributed by atoms with Crippen LogP contribution in [-0.4, -0.2) is 43.5 Å². The van der Waals surface area contributed by atoms with Gasteiger partial charge in [0.25, 0.3) is 0 Å². The molecule has 0 fully saturated rings. The number of amides is 1. The van der Waals surface area contributed by atoms with E-state index in [9.17, 15) is 4.79 Å². The number of methoxy groups -OCH3 is 1. The summed E-state index contributed by atoms with van der Waals surface area (Å²) in [6.45, 7) is 1.91. The highest BCUT2D eigenvalue weighted by Crippen LogP contribution is 2.28. The standard InChI is InChI=1S/C30H38N4O2/c1-36-27-17-15-24(16-18-27)19-22-34(29(35)14-8-9-21-33-30(31)32)23-20-28(25-10-4-2-5-11-25)26-12-6-3-7-13-26/h2-7,10-13,15-18,28H,8-9,14,19-23H2,1H3,(H4,31,32,33). The maximum atomic E-state index is 13.3. The van der Waals surface area contributed by atoms with Crippen LogP contribution in [0.2, 0.25) is 0 Å². The molecule has 6 nitrogen and oxygen atoms in total. The van der Waals surface area contributed by atoms with Gasteiger partial charge in [-0.2, -0.15) is 0 Å². The van der Waals surface area contributed by atoms with Gasteiger partial charge in [0, 0.05) is 32.0 Å². The minimum Gasteiger partial charge on any atom is -0.497 e. The zero-order chi connectivity index (χ0) is 25.6. The van der Waals surface area contributed by atoms with E-state index in [4.69, 9.17) is 16.2 Å². The molecule has 0 atom stereocenters. The Balaban J connectivity index is 1.69. The van der Waals surface area contributed by atoms with E-state index in [2.05, 4.69) is 65.7 Å². The number of guanidine groups is 1. The fraction of sp³-hybridized carbons (Fsp3) is 0.333. The van der Waals surface area contributed by atoms with E-state index in [1.807, 2.05) is 29.2 Å². The molecule has 36 heavy (non-hydrogen) atoms. The van der Waals surface area contributed by atoms with Crippen molar-refractivity contribution < 1.29 is 9.53 Å². The first kappa shape index (κ1) is 26.8. The monoisotopic (exact) mass is 486 g/mol. The summed E-state index contributed by atoms with van der Waals surface area (Å²) in [6, 6.07) is 29.1. The third-order valence-corrected chi connectivity index (χ3v) is 6.37. The van der Waals surface area contributed by atoms with Gasteiger partial charge in [-0.3, -0.25) is 9.79 Å². The molecule has 0 saturated carbocycles. The first-order valence-electron chi connectivity index (χ1n) is 12.6. The number of carbonyl (C=O) groups excluding carboxylic acids is 1. The molecule has 190 valence electrons. The third kappa shape index (κ3) is 8.77. The molecule has 3 aromatic carbocycles. The number of nitrogens with zero attached hydrogens (tertiary/aromatic N) is 2. The zero-order valence-electron chi connectivity index (χ0n) is 21.2. The molecule has 1 amide bonds. The summed E-state index contributed by atoms with van der Waals surface area (Å²) in [6.07, 6.45) is 3.69. The Bertz CT molecular complexity index is 1030. The third-order valence-electron chi connectivity index (χ3n) is 6.37. The van der Waals surface area contributed by atoms with Gasteiger partial charge in [0.05, 0.1) is 7.11 Å². The van der Waals surface area contributed by atoms with Gasteiger partial charge in [-0.1, -0.05) is 72.8 Å². The van der Waals surface area contributed by atoms with Crippen molar-refractivity contribution in [1.82, 2.24) is 4.90 Å². The van der Waals surface area contributed by atoms with Crippen molar-refractivity contribution in [3.05, 3.63) is 102 Å². The highest BCUT2D eigenvalue weighted by Gasteiger charge is 2.19. The molecule has 3 aromatic rings. The molecule has 0 aliphatic rings. The Morgan fingerprint density at radius 1 is 0.861 bits per heavy atom. The van der Waals surface area contributed by atoms with Gasteiger partial charge in [-0.05, 0) is 54.5 Å². The van der Waals surface area contributed by atoms with Crippen LogP contribution >= 0.6 is 0 Å². The minimum atomic E-state index is 0.0929. The van der Waals surface area contributed by atoms with Gasteiger partial charge in [0.1, 0.15) is 5.75 Å². The molecule has 4 N–H and O–H groups in total. The van der Waals surface area contributed by atoms with Crippen molar-refractivity contribution in [1.29, 1.82) is 0 Å². The van der Waals surface area contributed by atoms with Gasteiger partial charge < -0.3 is 21.1 Å². The normalized spacial score (nSPS) is 10.7. The Labute approximate surface area is 215 Å². The molecule has 6 heteroatoms. The molecule has 0 radical (unpaired) electrons. The summed E-state index contributed by atoms with van der Waals surface area (Å²) in [4.78, 5) is 19.3. The predicted molar refractivity (Wildman–Crippen MR) is 147 cm³/mol. The highest BCUT2D eigenvalue weighted by atomic mass is 16.5. The van der Waals surface area contributed by atoms with Gasteiger partial charge in [0.2, 0.25) is 5.91 Å². The van der Waals surface area contributed by atoms with Crippen LogP contribution in [0.4, 0.5) is 0 Å². The number of aliphatic imine (C=N–C) groups is 1. The lowest BCUT2D eigenvalue weighted by molar-refractivity contribution is -0.131. The summed E-state index contributed by atoms with van der Waals surface area (Å²) in [5.74, 6) is 1.33. The quantitative estimate of drug-likeness (QED) is 0.196. The second-order valence-electron chi connectivity index (χ2n) is 8.91. The van der Waals surface area contributed by atoms with Crippen LogP contribution in [0, 0.1) is 0 Å². The maximum Gasteiger partial charge on any atom is 0.222 e. The summed E-state index contributed by atoms with van der Waals surface area (Å²) in [5.41, 5.74) is 14.5. The number of nitrogens with two attached hydrogens (primary N) is 2. The molecule has 0 aliphatic heterocycles. The molecule has 0 aromatic heterocycles. The number of hydrogen-bond donors (Lipinski definition) is 2. The van der Waals surface area contributed by atoms with E-state index in [0.29, 0.717) is 26.1 Å². The summed E-state index contributed by atoms with van der Waals surface area (Å²) >= 11 is 0. The second-order valence-corrected chi connectivity index (χ2v) is 8.91. The minimum absolute atomic E-state index is 0.0929. The number of benzene rings is 3. The first-order chi connectivity index (χ1) is 17.6.